The molecule has 0 unspecified atom stereocenters. The maximum Gasteiger partial charge on any atom is 0.347 e. The van der Waals surface area contributed by atoms with E-state index in [2.05, 4.69) is 0 Å². The quantitative estimate of drug-likeness (QED) is 0.685. The Kier molecular flexibility index (Phi) is 1.97. The van der Waals surface area contributed by atoms with Crippen molar-refractivity contribution >= 4 is 22.1 Å². The van der Waals surface area contributed by atoms with Gasteiger partial charge in [-0.1, -0.05) is 0 Å². The van der Waals surface area contributed by atoms with Crippen molar-refractivity contribution in [3.05, 3.63) is 42.6 Å². The van der Waals surface area contributed by atoms with Gasteiger partial charge < -0.3 is 8.83 Å². The molecule has 0 saturated heterocycles. The van der Waals surface area contributed by atoms with E-state index in [1.165, 1.54) is 0 Å². The van der Waals surface area contributed by atoms with E-state index in [0.717, 1.165) is 16.4 Å². The van der Waals surface area contributed by atoms with Gasteiger partial charge in [0, 0.05) is 5.56 Å². The summed E-state index contributed by atoms with van der Waals surface area (Å²) >= 11 is 0. The van der Waals surface area contributed by atoms with Crippen molar-refractivity contribution in [3.8, 4) is 0 Å². The van der Waals surface area contributed by atoms with Crippen molar-refractivity contribution in [2.45, 2.75) is 27.7 Å². The Bertz CT molecular complexity index is 939. The van der Waals surface area contributed by atoms with E-state index in [9.17, 15) is 9.59 Å². The summed E-state index contributed by atoms with van der Waals surface area (Å²) < 4.78 is 10.6. The van der Waals surface area contributed by atoms with Gasteiger partial charge in [-0.2, -0.15) is 0 Å². The van der Waals surface area contributed by atoms with Crippen molar-refractivity contribution in [3.63, 3.8) is 0 Å². The average Bonchev–Trinajstić information content (AvgIpc) is 2.34. The number of fused-ring (bicyclic) bond motifs is 3. The third kappa shape index (κ3) is 1.10. The van der Waals surface area contributed by atoms with E-state index in [4.69, 9.17) is 8.83 Å². The highest BCUT2D eigenvalue weighted by Crippen LogP contribution is 2.17. The fourth-order valence-corrected chi connectivity index (χ4v) is 2.35. The Morgan fingerprint density at radius 3 is 2.11 bits per heavy atom. The molecule has 2 aromatic rings. The van der Waals surface area contributed by atoms with Crippen LogP contribution in [0.4, 0.5) is 0 Å². The Balaban J connectivity index is 2.78. The highest BCUT2D eigenvalue weighted by molar-refractivity contribution is 5.96. The molecule has 0 amide bonds. The lowest BCUT2D eigenvalue weighted by atomic mass is 9.95. The van der Waals surface area contributed by atoms with E-state index in [-0.39, 0.29) is 0 Å². The van der Waals surface area contributed by atoms with Crippen molar-refractivity contribution in [1.29, 1.82) is 0 Å². The molecule has 0 radical (unpaired) electrons. The first-order valence-corrected chi connectivity index (χ1v) is 5.72. The molecule has 2 aromatic heterocycles. The maximum atomic E-state index is 12.0. The van der Waals surface area contributed by atoms with Gasteiger partial charge >= 0.3 is 11.3 Å². The van der Waals surface area contributed by atoms with Crippen LogP contribution in [-0.4, -0.2) is 0 Å². The van der Waals surface area contributed by atoms with Gasteiger partial charge in [0.15, 0.2) is 5.58 Å². The number of aryl methyl sites for hydroxylation is 1. The van der Waals surface area contributed by atoms with Crippen LogP contribution in [0.5, 0.6) is 0 Å². The van der Waals surface area contributed by atoms with Crippen molar-refractivity contribution < 1.29 is 8.83 Å². The lowest BCUT2D eigenvalue weighted by molar-refractivity contribution is 0.463. The molecule has 0 bridgehead atoms. The zero-order chi connectivity index (χ0) is 13.2. The summed E-state index contributed by atoms with van der Waals surface area (Å²) in [5.74, 6) is 0. The van der Waals surface area contributed by atoms with Gasteiger partial charge in [-0.25, -0.2) is 9.59 Å². The first kappa shape index (κ1) is 11.0. The van der Waals surface area contributed by atoms with Gasteiger partial charge in [0.05, 0.1) is 5.22 Å². The first-order chi connectivity index (χ1) is 8.43. The molecule has 0 saturated carbocycles. The molecule has 3 rings (SSSR count). The molecule has 1 aliphatic carbocycles. The van der Waals surface area contributed by atoms with Crippen LogP contribution in [0.1, 0.15) is 25.0 Å². The summed E-state index contributed by atoms with van der Waals surface area (Å²) in [6, 6.07) is 0. The standard InChI is InChI=1S/C14H12O4/c1-5-7(3)11-9(5)12-10(14(16)17-11)6(2)8(4)13(15)18-12/h1-4H3. The van der Waals surface area contributed by atoms with Gasteiger partial charge in [0.2, 0.25) is 0 Å². The van der Waals surface area contributed by atoms with Gasteiger partial charge in [0.25, 0.3) is 0 Å². The molecule has 4 nitrogen and oxygen atoms in total. The SMILES string of the molecule is CC1=c2oc(=O)c3c(C)c(C)c(=O)oc3c2=C1C. The maximum absolute atomic E-state index is 12.0. The van der Waals surface area contributed by atoms with Crippen LogP contribution in [0.3, 0.4) is 0 Å². The summed E-state index contributed by atoms with van der Waals surface area (Å²) in [5, 5.41) is 1.13. The Labute approximate surface area is 102 Å². The molecule has 0 N–H and O–H groups in total. The molecule has 0 spiro atoms. The number of hydrogen-bond donors (Lipinski definition) is 0. The second-order valence-corrected chi connectivity index (χ2v) is 4.69. The lowest BCUT2D eigenvalue weighted by Crippen LogP contribution is -2.41. The molecule has 0 fully saturated rings. The zero-order valence-corrected chi connectivity index (χ0v) is 10.6. The van der Waals surface area contributed by atoms with Crippen LogP contribution in [-0.2, 0) is 0 Å². The Morgan fingerprint density at radius 1 is 0.778 bits per heavy atom. The molecule has 4 heteroatoms. The topological polar surface area (TPSA) is 60.4 Å². The second kappa shape index (κ2) is 3.22. The van der Waals surface area contributed by atoms with E-state index in [1.54, 1.807) is 13.8 Å². The lowest BCUT2D eigenvalue weighted by Gasteiger charge is -2.13. The largest absolute Gasteiger partial charge is 0.422 e. The number of hydrogen-bond acceptors (Lipinski definition) is 4. The summed E-state index contributed by atoms with van der Waals surface area (Å²) in [6.45, 7) is 7.19. The van der Waals surface area contributed by atoms with Crippen molar-refractivity contribution in [2.24, 2.45) is 0 Å². The second-order valence-electron chi connectivity index (χ2n) is 4.69. The molecule has 0 aromatic carbocycles. The molecule has 18 heavy (non-hydrogen) atoms. The minimum atomic E-state index is -0.444. The highest BCUT2D eigenvalue weighted by Gasteiger charge is 2.21. The fraction of sp³-hybridized carbons (Fsp3) is 0.286. The predicted molar refractivity (Wildman–Crippen MR) is 67.9 cm³/mol. The highest BCUT2D eigenvalue weighted by atomic mass is 16.4. The zero-order valence-electron chi connectivity index (χ0n) is 10.6. The van der Waals surface area contributed by atoms with Crippen LogP contribution < -0.4 is 21.9 Å². The first-order valence-electron chi connectivity index (χ1n) is 5.72. The van der Waals surface area contributed by atoms with Crippen LogP contribution in [0, 0.1) is 13.8 Å². The molecular weight excluding hydrogens is 232 g/mol. The molecule has 0 aliphatic heterocycles. The van der Waals surface area contributed by atoms with Gasteiger partial charge in [0.1, 0.15) is 10.8 Å². The molecule has 0 atom stereocenters. The van der Waals surface area contributed by atoms with Crippen LogP contribution in [0.15, 0.2) is 18.4 Å². The van der Waals surface area contributed by atoms with Crippen molar-refractivity contribution in [1.82, 2.24) is 0 Å². The summed E-state index contributed by atoms with van der Waals surface area (Å²) in [5.41, 5.74) is 3.08. The number of rotatable bonds is 0. The minimum Gasteiger partial charge on any atom is -0.422 e. The smallest absolute Gasteiger partial charge is 0.347 e. The third-order valence-electron chi connectivity index (χ3n) is 3.80. The van der Waals surface area contributed by atoms with Crippen LogP contribution in [0.25, 0.3) is 22.1 Å². The molecule has 2 heterocycles. The minimum absolute atomic E-state index is 0.359. The van der Waals surface area contributed by atoms with Crippen LogP contribution in [0.2, 0.25) is 0 Å². The van der Waals surface area contributed by atoms with E-state index < -0.39 is 11.3 Å². The molecule has 1 aliphatic rings. The Morgan fingerprint density at radius 2 is 1.44 bits per heavy atom. The van der Waals surface area contributed by atoms with Gasteiger partial charge in [-0.05, 0) is 44.4 Å². The average molecular weight is 244 g/mol. The van der Waals surface area contributed by atoms with E-state index in [0.29, 0.717) is 27.5 Å². The monoisotopic (exact) mass is 244 g/mol. The van der Waals surface area contributed by atoms with E-state index in [1.807, 2.05) is 13.8 Å². The normalized spacial score (nSPS) is 13.8. The summed E-state index contributed by atoms with van der Waals surface area (Å²) in [7, 11) is 0. The summed E-state index contributed by atoms with van der Waals surface area (Å²) in [6.07, 6.45) is 0. The molecule has 92 valence electrons. The predicted octanol–water partition coefficient (Wildman–Crippen LogP) is 0.718. The van der Waals surface area contributed by atoms with Crippen molar-refractivity contribution in [2.75, 3.05) is 0 Å². The van der Waals surface area contributed by atoms with Gasteiger partial charge in [-0.15, -0.1) is 0 Å². The van der Waals surface area contributed by atoms with E-state index >= 15 is 0 Å². The summed E-state index contributed by atoms with van der Waals surface area (Å²) in [4.78, 5) is 23.7. The van der Waals surface area contributed by atoms with Crippen LogP contribution >= 0.6 is 0 Å². The van der Waals surface area contributed by atoms with Gasteiger partial charge in [-0.3, -0.25) is 0 Å². The molecular formula is C14H12O4. The Hall–Kier alpha value is -2.10. The fourth-order valence-electron chi connectivity index (χ4n) is 2.35. The third-order valence-corrected chi connectivity index (χ3v) is 3.80.